The molecule has 1 amide bonds. The van der Waals surface area contributed by atoms with E-state index in [4.69, 9.17) is 9.47 Å². The Morgan fingerprint density at radius 2 is 2.00 bits per heavy atom. The highest BCUT2D eigenvalue weighted by Crippen LogP contribution is 2.19. The molecule has 0 bridgehead atoms. The van der Waals surface area contributed by atoms with Crippen molar-refractivity contribution in [3.63, 3.8) is 0 Å². The number of methoxy groups -OCH3 is 1. The minimum Gasteiger partial charge on any atom is -0.497 e. The van der Waals surface area contributed by atoms with Crippen LogP contribution in [-0.4, -0.2) is 76.3 Å². The van der Waals surface area contributed by atoms with Gasteiger partial charge in [0.05, 0.1) is 20.2 Å². The molecule has 0 radical (unpaired) electrons. The van der Waals surface area contributed by atoms with Crippen molar-refractivity contribution < 1.29 is 14.3 Å². The third-order valence-electron chi connectivity index (χ3n) is 4.73. The molecule has 1 heterocycles. The van der Waals surface area contributed by atoms with Gasteiger partial charge in [0.2, 0.25) is 5.91 Å². The van der Waals surface area contributed by atoms with Gasteiger partial charge in [-0.2, -0.15) is 0 Å². The molecule has 1 unspecified atom stereocenters. The number of nitrogens with one attached hydrogen (secondary N) is 3. The van der Waals surface area contributed by atoms with E-state index < -0.39 is 0 Å². The third kappa shape index (κ3) is 9.07. The fourth-order valence-electron chi connectivity index (χ4n) is 3.09. The number of aliphatic imine (C=N–C) groups is 1. The number of likely N-dealkylation sites (N-methyl/N-ethyl adjacent to an activating group) is 1. The summed E-state index contributed by atoms with van der Waals surface area (Å²) < 4.78 is 11.2. The number of carbonyl (C=O) groups is 1. The number of nitrogens with zero attached hydrogens (tertiary/aromatic N) is 2. The zero-order valence-electron chi connectivity index (χ0n) is 17.7. The Balaban J connectivity index is 0.00000420. The lowest BCUT2D eigenvalue weighted by molar-refractivity contribution is -0.122. The number of hydrogen-bond donors (Lipinski definition) is 3. The molecule has 0 saturated carbocycles. The lowest BCUT2D eigenvalue weighted by Crippen LogP contribution is -2.51. The molecular weight excluding hydrogens is 485 g/mol. The number of guanidine groups is 1. The standard InChI is InChI=1S/C20H33N5O3.HI/c1-15(28-18-7-5-6-17(12-18)27-4)13-23-20(22-3)24-16-8-10-25(11-9-16)14-19(26)21-2;/h5-7,12,15-16H,8-11,13-14H2,1-4H3,(H,21,26)(H2,22,23,24);1H. The van der Waals surface area contributed by atoms with Crippen LogP contribution in [0.15, 0.2) is 29.3 Å². The Morgan fingerprint density at radius 1 is 1.31 bits per heavy atom. The monoisotopic (exact) mass is 519 g/mol. The van der Waals surface area contributed by atoms with Crippen molar-refractivity contribution in [2.24, 2.45) is 4.99 Å². The Bertz CT molecular complexity index is 651. The second kappa shape index (κ2) is 13.5. The topological polar surface area (TPSA) is 87.2 Å². The first kappa shape index (κ1) is 25.3. The van der Waals surface area contributed by atoms with Crippen molar-refractivity contribution in [2.75, 3.05) is 47.4 Å². The van der Waals surface area contributed by atoms with Crippen LogP contribution in [0.2, 0.25) is 0 Å². The van der Waals surface area contributed by atoms with E-state index in [1.165, 1.54) is 0 Å². The number of halogens is 1. The molecule has 1 aromatic carbocycles. The van der Waals surface area contributed by atoms with Crippen molar-refractivity contribution in [3.8, 4) is 11.5 Å². The van der Waals surface area contributed by atoms with Crippen molar-refractivity contribution in [2.45, 2.75) is 31.9 Å². The minimum absolute atomic E-state index is 0. The number of likely N-dealkylation sites (tertiary alicyclic amines) is 1. The lowest BCUT2D eigenvalue weighted by Gasteiger charge is -2.32. The van der Waals surface area contributed by atoms with E-state index >= 15 is 0 Å². The van der Waals surface area contributed by atoms with Crippen LogP contribution in [-0.2, 0) is 4.79 Å². The summed E-state index contributed by atoms with van der Waals surface area (Å²) in [6, 6.07) is 7.93. The highest BCUT2D eigenvalue weighted by Gasteiger charge is 2.21. The molecule has 2 rings (SSSR count). The molecule has 3 N–H and O–H groups in total. The number of benzene rings is 1. The summed E-state index contributed by atoms with van der Waals surface area (Å²) in [5, 5.41) is 9.46. The normalized spacial score (nSPS) is 16.3. The van der Waals surface area contributed by atoms with Gasteiger partial charge in [-0.1, -0.05) is 6.07 Å². The SMILES string of the molecule is CN=C(NCC(C)Oc1cccc(OC)c1)NC1CCN(CC(=O)NC)CC1.I. The molecule has 1 atom stereocenters. The van der Waals surface area contributed by atoms with Gasteiger partial charge in [0, 0.05) is 39.3 Å². The second-order valence-corrected chi connectivity index (χ2v) is 6.93. The van der Waals surface area contributed by atoms with Crippen molar-refractivity contribution in [3.05, 3.63) is 24.3 Å². The van der Waals surface area contributed by atoms with Gasteiger partial charge in [-0.05, 0) is 31.9 Å². The Kier molecular flexibility index (Phi) is 11.7. The summed E-state index contributed by atoms with van der Waals surface area (Å²) in [5.74, 6) is 2.39. The van der Waals surface area contributed by atoms with Crippen LogP contribution in [0, 0.1) is 0 Å². The van der Waals surface area contributed by atoms with Gasteiger partial charge in [0.25, 0.3) is 0 Å². The number of piperidine rings is 1. The number of rotatable bonds is 8. The summed E-state index contributed by atoms with van der Waals surface area (Å²) in [6.07, 6.45) is 1.93. The number of ether oxygens (including phenoxy) is 2. The smallest absolute Gasteiger partial charge is 0.233 e. The minimum atomic E-state index is -0.0277. The summed E-state index contributed by atoms with van der Waals surface area (Å²) in [4.78, 5) is 18.0. The highest BCUT2D eigenvalue weighted by molar-refractivity contribution is 14.0. The lowest BCUT2D eigenvalue weighted by atomic mass is 10.1. The first-order chi connectivity index (χ1) is 13.5. The molecular formula is C20H34IN5O3. The fourth-order valence-corrected chi connectivity index (χ4v) is 3.09. The largest absolute Gasteiger partial charge is 0.497 e. The van der Waals surface area contributed by atoms with E-state index in [1.54, 1.807) is 21.2 Å². The van der Waals surface area contributed by atoms with Gasteiger partial charge in [-0.3, -0.25) is 14.7 Å². The molecule has 1 aliphatic heterocycles. The van der Waals surface area contributed by atoms with E-state index in [-0.39, 0.29) is 36.0 Å². The molecule has 1 aliphatic rings. The molecule has 1 fully saturated rings. The zero-order chi connectivity index (χ0) is 20.4. The van der Waals surface area contributed by atoms with Gasteiger partial charge in [0.15, 0.2) is 5.96 Å². The molecule has 0 spiro atoms. The van der Waals surface area contributed by atoms with Gasteiger partial charge < -0.3 is 25.4 Å². The number of hydrogen-bond acceptors (Lipinski definition) is 5. The summed E-state index contributed by atoms with van der Waals surface area (Å²) in [7, 11) is 5.08. The average molecular weight is 519 g/mol. The Hall–Kier alpha value is -1.75. The third-order valence-corrected chi connectivity index (χ3v) is 4.73. The van der Waals surface area contributed by atoms with Gasteiger partial charge >= 0.3 is 0 Å². The molecule has 1 saturated heterocycles. The summed E-state index contributed by atoms with van der Waals surface area (Å²) in [6.45, 7) is 4.91. The van der Waals surface area contributed by atoms with E-state index in [1.807, 2.05) is 31.2 Å². The summed E-state index contributed by atoms with van der Waals surface area (Å²) >= 11 is 0. The maximum Gasteiger partial charge on any atom is 0.233 e. The zero-order valence-corrected chi connectivity index (χ0v) is 20.1. The van der Waals surface area contributed by atoms with Crippen LogP contribution in [0.4, 0.5) is 0 Å². The Morgan fingerprint density at radius 3 is 2.62 bits per heavy atom. The van der Waals surface area contributed by atoms with Gasteiger partial charge in [-0.15, -0.1) is 24.0 Å². The Labute approximate surface area is 190 Å². The first-order valence-electron chi connectivity index (χ1n) is 9.75. The molecule has 8 nitrogen and oxygen atoms in total. The maximum absolute atomic E-state index is 11.5. The molecule has 29 heavy (non-hydrogen) atoms. The average Bonchev–Trinajstić information content (AvgIpc) is 2.72. The highest BCUT2D eigenvalue weighted by atomic mass is 127. The van der Waals surface area contributed by atoms with Crippen LogP contribution in [0.3, 0.4) is 0 Å². The molecule has 9 heteroatoms. The molecule has 0 aromatic heterocycles. The van der Waals surface area contributed by atoms with Crippen molar-refractivity contribution in [1.29, 1.82) is 0 Å². The molecule has 0 aliphatic carbocycles. The van der Waals surface area contributed by atoms with E-state index in [9.17, 15) is 4.79 Å². The fraction of sp³-hybridized carbons (Fsp3) is 0.600. The van der Waals surface area contributed by atoms with E-state index in [0.717, 1.165) is 43.4 Å². The van der Waals surface area contributed by atoms with E-state index in [0.29, 0.717) is 19.1 Å². The van der Waals surface area contributed by atoms with Gasteiger partial charge in [-0.25, -0.2) is 0 Å². The second-order valence-electron chi connectivity index (χ2n) is 6.93. The van der Waals surface area contributed by atoms with Crippen LogP contribution in [0.25, 0.3) is 0 Å². The van der Waals surface area contributed by atoms with Crippen LogP contribution >= 0.6 is 24.0 Å². The molecule has 1 aromatic rings. The predicted octanol–water partition coefficient (Wildman–Crippen LogP) is 1.46. The molecule has 164 valence electrons. The predicted molar refractivity (Wildman–Crippen MR) is 127 cm³/mol. The maximum atomic E-state index is 11.5. The quantitative estimate of drug-likeness (QED) is 0.274. The van der Waals surface area contributed by atoms with Crippen LogP contribution in [0.5, 0.6) is 11.5 Å². The number of amides is 1. The van der Waals surface area contributed by atoms with Gasteiger partial charge in [0.1, 0.15) is 17.6 Å². The van der Waals surface area contributed by atoms with Crippen molar-refractivity contribution >= 4 is 35.8 Å². The summed E-state index contributed by atoms with van der Waals surface area (Å²) in [5.41, 5.74) is 0. The first-order valence-corrected chi connectivity index (χ1v) is 9.75. The van der Waals surface area contributed by atoms with Crippen LogP contribution in [0.1, 0.15) is 19.8 Å². The van der Waals surface area contributed by atoms with Crippen LogP contribution < -0.4 is 25.4 Å². The number of carbonyl (C=O) groups excluding carboxylic acids is 1. The van der Waals surface area contributed by atoms with E-state index in [2.05, 4.69) is 25.8 Å². The van der Waals surface area contributed by atoms with Crippen molar-refractivity contribution in [1.82, 2.24) is 20.9 Å².